The third-order valence-electron chi connectivity index (χ3n) is 6.56. The number of carbonyl (C=O) groups excluding carboxylic acids is 2. The molecule has 9 nitrogen and oxygen atoms in total. The number of esters is 1. The van der Waals surface area contributed by atoms with E-state index in [0.717, 1.165) is 18.3 Å². The fourth-order valence-corrected chi connectivity index (χ4v) is 4.33. The van der Waals surface area contributed by atoms with E-state index in [0.29, 0.717) is 44.6 Å². The van der Waals surface area contributed by atoms with Crippen molar-refractivity contribution in [2.45, 2.75) is 71.0 Å². The van der Waals surface area contributed by atoms with Crippen LogP contribution in [-0.2, 0) is 20.7 Å². The Kier molecular flexibility index (Phi) is 11.5. The van der Waals surface area contributed by atoms with Crippen molar-refractivity contribution in [3.05, 3.63) is 23.8 Å². The van der Waals surface area contributed by atoms with Crippen molar-refractivity contribution in [3.63, 3.8) is 0 Å². The second kappa shape index (κ2) is 14.3. The van der Waals surface area contributed by atoms with Crippen molar-refractivity contribution in [2.75, 3.05) is 20.2 Å². The highest BCUT2D eigenvalue weighted by molar-refractivity contribution is 5.77. The molecule has 36 heavy (non-hydrogen) atoms. The summed E-state index contributed by atoms with van der Waals surface area (Å²) in [5.41, 5.74) is 6.32. The molecule has 2 rings (SSSR count). The van der Waals surface area contributed by atoms with Crippen LogP contribution in [0, 0.1) is 23.2 Å². The molecule has 9 heteroatoms. The molecule has 0 fully saturated rings. The average molecular weight is 502 g/mol. The number of nitrogens with two attached hydrogens (primary N) is 1. The molecule has 1 aliphatic carbocycles. The Balaban J connectivity index is 2.34. The highest BCUT2D eigenvalue weighted by Crippen LogP contribution is 2.33. The molecule has 0 unspecified atom stereocenters. The van der Waals surface area contributed by atoms with Crippen molar-refractivity contribution in [3.8, 4) is 23.3 Å². The number of rotatable bonds is 10. The molecular formula is C27H39N3O6. The maximum atomic E-state index is 11.9. The number of ether oxygens (including phenoxy) is 2. The number of hydrogen-bond acceptors (Lipinski definition) is 7. The number of aliphatic hydroxyl groups excluding tert-OH is 1. The van der Waals surface area contributed by atoms with Gasteiger partial charge in [0.2, 0.25) is 0 Å². The Morgan fingerprint density at radius 2 is 2.19 bits per heavy atom. The van der Waals surface area contributed by atoms with Gasteiger partial charge in [-0.25, -0.2) is 0 Å². The van der Waals surface area contributed by atoms with Crippen LogP contribution in [0.2, 0.25) is 0 Å². The number of aromatic hydroxyl groups is 1. The number of phenols is 1. The molecule has 1 aromatic rings. The quantitative estimate of drug-likeness (QED) is 0.0955. The lowest BCUT2D eigenvalue weighted by molar-refractivity contribution is -0.151. The monoisotopic (exact) mass is 501 g/mol. The summed E-state index contributed by atoms with van der Waals surface area (Å²) < 4.78 is 11.2. The minimum atomic E-state index is -0.665. The van der Waals surface area contributed by atoms with Crippen molar-refractivity contribution < 1.29 is 29.3 Å². The predicted octanol–water partition coefficient (Wildman–Crippen LogP) is 2.32. The van der Waals surface area contributed by atoms with Crippen LogP contribution in [0.15, 0.2) is 23.2 Å². The number of aliphatic hydroxyl groups is 1. The number of nitrogens with zero attached hydrogens (tertiary/aromatic N) is 1. The van der Waals surface area contributed by atoms with Gasteiger partial charge >= 0.3 is 5.97 Å². The van der Waals surface area contributed by atoms with Crippen molar-refractivity contribution in [2.24, 2.45) is 22.1 Å². The maximum absolute atomic E-state index is 11.9. The van der Waals surface area contributed by atoms with Gasteiger partial charge in [-0.15, -0.1) is 5.92 Å². The third-order valence-corrected chi connectivity index (χ3v) is 6.56. The number of nitrogens with one attached hydrogen (secondary N) is 1. The lowest BCUT2D eigenvalue weighted by Crippen LogP contribution is -2.41. The molecule has 0 saturated heterocycles. The van der Waals surface area contributed by atoms with Crippen LogP contribution >= 0.6 is 0 Å². The van der Waals surface area contributed by atoms with Crippen molar-refractivity contribution in [1.29, 1.82) is 0 Å². The summed E-state index contributed by atoms with van der Waals surface area (Å²) in [5.74, 6) is 6.77. The Labute approximate surface area is 213 Å². The van der Waals surface area contributed by atoms with E-state index in [-0.39, 0.29) is 35.9 Å². The van der Waals surface area contributed by atoms with Gasteiger partial charge < -0.3 is 35.5 Å². The van der Waals surface area contributed by atoms with E-state index < -0.39 is 18.2 Å². The van der Waals surface area contributed by atoms with Crippen molar-refractivity contribution in [1.82, 2.24) is 5.32 Å². The zero-order valence-corrected chi connectivity index (χ0v) is 21.5. The molecule has 1 aromatic carbocycles. The molecule has 0 aliphatic heterocycles. The van der Waals surface area contributed by atoms with Crippen LogP contribution in [0.5, 0.6) is 11.5 Å². The van der Waals surface area contributed by atoms with E-state index in [1.165, 1.54) is 6.92 Å². The summed E-state index contributed by atoms with van der Waals surface area (Å²) >= 11 is 0. The lowest BCUT2D eigenvalue weighted by Gasteiger charge is -2.32. The smallest absolute Gasteiger partial charge is 0.302 e. The number of benzene rings is 1. The molecule has 0 bridgehead atoms. The first-order valence-electron chi connectivity index (χ1n) is 12.4. The summed E-state index contributed by atoms with van der Waals surface area (Å²) in [6.45, 7) is 4.11. The summed E-state index contributed by atoms with van der Waals surface area (Å²) in [5, 5.41) is 24.1. The van der Waals surface area contributed by atoms with Crippen LogP contribution in [0.4, 0.5) is 0 Å². The minimum Gasteiger partial charge on any atom is -0.504 e. The molecule has 1 aliphatic rings. The Morgan fingerprint density at radius 1 is 1.42 bits per heavy atom. The molecule has 5 N–H and O–H groups in total. The van der Waals surface area contributed by atoms with Gasteiger partial charge in [-0.05, 0) is 43.4 Å². The van der Waals surface area contributed by atoms with E-state index in [2.05, 4.69) is 29.1 Å². The number of guanidine groups is 1. The van der Waals surface area contributed by atoms with Crippen LogP contribution in [-0.4, -0.2) is 60.8 Å². The highest BCUT2D eigenvalue weighted by Gasteiger charge is 2.32. The summed E-state index contributed by atoms with van der Waals surface area (Å²) in [6, 6.07) is 5.05. The number of carbonyl (C=O) groups is 2. The second-order valence-electron chi connectivity index (χ2n) is 9.25. The highest BCUT2D eigenvalue weighted by atomic mass is 16.5. The Morgan fingerprint density at radius 3 is 2.86 bits per heavy atom. The molecule has 0 saturated carbocycles. The van der Waals surface area contributed by atoms with E-state index in [1.54, 1.807) is 25.2 Å². The predicted molar refractivity (Wildman–Crippen MR) is 138 cm³/mol. The lowest BCUT2D eigenvalue weighted by atomic mass is 9.77. The molecule has 0 radical (unpaired) electrons. The molecule has 0 amide bonds. The molecule has 198 valence electrons. The van der Waals surface area contributed by atoms with Gasteiger partial charge in [-0.3, -0.25) is 9.79 Å². The van der Waals surface area contributed by atoms with Gasteiger partial charge in [0.25, 0.3) is 0 Å². The van der Waals surface area contributed by atoms with Gasteiger partial charge in [0.05, 0.1) is 12.7 Å². The fraction of sp³-hybridized carbons (Fsp3) is 0.593. The first-order chi connectivity index (χ1) is 17.2. The summed E-state index contributed by atoms with van der Waals surface area (Å²) in [7, 11) is 1.62. The van der Waals surface area contributed by atoms with Crippen LogP contribution in [0.3, 0.4) is 0 Å². The minimum absolute atomic E-state index is 0.0162. The number of hydrogen-bond donors (Lipinski definition) is 4. The normalized spacial score (nSPS) is 24.7. The molecule has 0 heterocycles. The number of phenolic OH excluding ortho intramolecular Hbond substituents is 1. The van der Waals surface area contributed by atoms with Gasteiger partial charge in [-0.2, -0.15) is 0 Å². The fourth-order valence-electron chi connectivity index (χ4n) is 4.33. The van der Waals surface area contributed by atoms with Gasteiger partial charge in [0, 0.05) is 51.1 Å². The topological polar surface area (TPSA) is 143 Å². The van der Waals surface area contributed by atoms with E-state index >= 15 is 0 Å². The Bertz CT molecular complexity index is 970. The van der Waals surface area contributed by atoms with E-state index in [4.69, 9.17) is 15.2 Å². The average Bonchev–Trinajstić information content (AvgIpc) is 2.85. The first-order valence-corrected chi connectivity index (χ1v) is 12.4. The molecule has 0 aromatic heterocycles. The largest absolute Gasteiger partial charge is 0.504 e. The van der Waals surface area contributed by atoms with Crippen LogP contribution in [0.1, 0.15) is 57.9 Å². The first kappa shape index (κ1) is 29.0. The van der Waals surface area contributed by atoms with Gasteiger partial charge in [0.15, 0.2) is 17.5 Å². The SMILES string of the molecule is CC[C@]1(CNC(N)=NC)C#CC[C@@H](Cc2ccc(O)c(OCCC=O)c2)[C@@H](OC(C)=O)C[C@@H](O)CC1. The molecule has 0 spiro atoms. The molecular weight excluding hydrogens is 462 g/mol. The third kappa shape index (κ3) is 9.08. The van der Waals surface area contributed by atoms with Crippen LogP contribution in [0.25, 0.3) is 0 Å². The van der Waals surface area contributed by atoms with Crippen LogP contribution < -0.4 is 15.8 Å². The number of aldehydes is 1. The van der Waals surface area contributed by atoms with E-state index in [9.17, 15) is 19.8 Å². The zero-order valence-electron chi connectivity index (χ0n) is 21.5. The summed E-state index contributed by atoms with van der Waals surface area (Å²) in [4.78, 5) is 26.4. The standard InChI is InChI=1S/C27H39N3O6/c1-4-27(18-30-26(28)29-3)11-5-7-21(24(36-19(2)32)17-22(33)10-12-27)15-20-8-9-23(34)25(16-20)35-14-6-13-31/h8-9,13,16,21-22,24,33-34H,4,6-7,10,12,14-15,17-18H2,1-3H3,(H3,28,29,30)/t21-,22-,24-,27-/m0/s1. The molecule has 4 atom stereocenters. The second-order valence-corrected chi connectivity index (χ2v) is 9.25. The zero-order chi connectivity index (χ0) is 26.6. The summed E-state index contributed by atoms with van der Waals surface area (Å²) in [6.07, 6.45) is 2.98. The van der Waals surface area contributed by atoms with E-state index in [1.807, 2.05) is 0 Å². The maximum Gasteiger partial charge on any atom is 0.302 e. The Hall–Kier alpha value is -3.25. The number of aliphatic imine (C=N–C) groups is 1. The van der Waals surface area contributed by atoms with Gasteiger partial charge in [-0.1, -0.05) is 18.9 Å². The van der Waals surface area contributed by atoms with Gasteiger partial charge in [0.1, 0.15) is 12.4 Å². The van der Waals surface area contributed by atoms with Crippen molar-refractivity contribution >= 4 is 18.2 Å².